The summed E-state index contributed by atoms with van der Waals surface area (Å²) in [5.74, 6) is -0.638. The van der Waals surface area contributed by atoms with Gasteiger partial charge in [0.05, 0.1) is 17.5 Å². The molecular weight excluding hydrogens is 522 g/mol. The molecule has 2 aromatic rings. The van der Waals surface area contributed by atoms with Gasteiger partial charge in [-0.2, -0.15) is 0 Å². The molecule has 12 heteroatoms. The summed E-state index contributed by atoms with van der Waals surface area (Å²) in [6.07, 6.45) is 0.0975. The number of phenolic OH excluding ortho intramolecular Hbond substituents is 2. The maximum atomic E-state index is 12.5. The fourth-order valence-corrected chi connectivity index (χ4v) is 5.15. The molecule has 3 fully saturated rings. The number of amides is 1. The highest BCUT2D eigenvalue weighted by Gasteiger charge is 2.30. The van der Waals surface area contributed by atoms with E-state index in [1.54, 1.807) is 6.07 Å². The number of carbonyl (C=O) groups is 1. The van der Waals surface area contributed by atoms with Crippen LogP contribution in [0.25, 0.3) is 0 Å². The summed E-state index contributed by atoms with van der Waals surface area (Å²) in [5, 5.41) is 47.4. The third-order valence-electron chi connectivity index (χ3n) is 7.57. The molecule has 0 spiro atoms. The highest BCUT2D eigenvalue weighted by atomic mass is 16.3. The van der Waals surface area contributed by atoms with Gasteiger partial charge in [0.15, 0.2) is 11.5 Å². The molecule has 2 bridgehead atoms. The fraction of sp³-hybridized carbons (Fsp3) is 0.552. The van der Waals surface area contributed by atoms with Gasteiger partial charge in [-0.15, -0.1) is 0 Å². The molecule has 0 saturated carbocycles. The molecule has 41 heavy (non-hydrogen) atoms. The summed E-state index contributed by atoms with van der Waals surface area (Å²) >= 11 is 0. The van der Waals surface area contributed by atoms with Gasteiger partial charge in [-0.25, -0.2) is 0 Å². The van der Waals surface area contributed by atoms with E-state index in [-0.39, 0.29) is 34.9 Å². The molecule has 0 unspecified atom stereocenters. The lowest BCUT2D eigenvalue weighted by Gasteiger charge is -2.37. The van der Waals surface area contributed by atoms with E-state index >= 15 is 0 Å². The highest BCUT2D eigenvalue weighted by Crippen LogP contribution is 2.25. The standard InChI is InChI=1S/C29H47N9O3/c30-28-16-31-7-10-34-19-29(20-35-11-8-32-17-28,21-36-12-9-33-18-28)37-15-22-1-4-24(5-2-22)38-27(41)14-23-3-6-25(39)26(40)13-23/h1-6,13,31-37,39-40H,7-12,14-21,30H2,(H,38,41). The number of anilines is 1. The lowest BCUT2D eigenvalue weighted by molar-refractivity contribution is -0.115. The van der Waals surface area contributed by atoms with Gasteiger partial charge in [0.2, 0.25) is 5.91 Å². The average Bonchev–Trinajstić information content (AvgIpc) is 2.95. The molecule has 0 atom stereocenters. The Labute approximate surface area is 242 Å². The van der Waals surface area contributed by atoms with Crippen molar-refractivity contribution >= 4 is 11.6 Å². The van der Waals surface area contributed by atoms with Gasteiger partial charge in [-0.3, -0.25) is 4.79 Å². The van der Waals surface area contributed by atoms with Crippen molar-refractivity contribution in [2.45, 2.75) is 24.0 Å². The van der Waals surface area contributed by atoms with Crippen LogP contribution in [0, 0.1) is 0 Å². The van der Waals surface area contributed by atoms with Crippen molar-refractivity contribution in [2.24, 2.45) is 5.73 Å². The van der Waals surface area contributed by atoms with Crippen molar-refractivity contribution in [3.63, 3.8) is 0 Å². The van der Waals surface area contributed by atoms with Gasteiger partial charge in [-0.05, 0) is 35.4 Å². The van der Waals surface area contributed by atoms with Gasteiger partial charge in [0.25, 0.3) is 0 Å². The van der Waals surface area contributed by atoms with E-state index in [2.05, 4.69) is 42.5 Å². The smallest absolute Gasteiger partial charge is 0.228 e. The maximum absolute atomic E-state index is 12.5. The van der Waals surface area contributed by atoms with Crippen LogP contribution in [-0.4, -0.2) is 106 Å². The molecule has 3 aliphatic heterocycles. The van der Waals surface area contributed by atoms with Crippen LogP contribution in [0.15, 0.2) is 42.5 Å². The molecule has 226 valence electrons. The second-order valence-electron chi connectivity index (χ2n) is 11.3. The van der Waals surface area contributed by atoms with E-state index in [1.165, 1.54) is 12.1 Å². The third kappa shape index (κ3) is 10.2. The SMILES string of the molecule is NC12CNCCNCC(NCc3ccc(NC(=O)Cc4ccc(O)c(O)c4)cc3)(CNCCNC1)CNCCNC2. The summed E-state index contributed by atoms with van der Waals surface area (Å²) in [4.78, 5) is 12.5. The first kappa shape index (κ1) is 31.1. The van der Waals surface area contributed by atoms with Crippen LogP contribution in [0.5, 0.6) is 11.5 Å². The van der Waals surface area contributed by atoms with E-state index < -0.39 is 0 Å². The van der Waals surface area contributed by atoms with Crippen molar-refractivity contribution in [3.05, 3.63) is 53.6 Å². The quantitative estimate of drug-likeness (QED) is 0.180. The molecular formula is C29H47N9O3. The Bertz CT molecular complexity index is 1060. The number of carbonyl (C=O) groups excluding carboxylic acids is 1. The maximum Gasteiger partial charge on any atom is 0.228 e. The number of benzene rings is 2. The molecule has 1 amide bonds. The zero-order valence-electron chi connectivity index (χ0n) is 23.8. The van der Waals surface area contributed by atoms with Crippen molar-refractivity contribution in [1.82, 2.24) is 37.2 Å². The first-order valence-electron chi connectivity index (χ1n) is 14.5. The van der Waals surface area contributed by atoms with Gasteiger partial charge in [0.1, 0.15) is 0 Å². The number of fused-ring (bicyclic) bond motifs is 15. The van der Waals surface area contributed by atoms with Crippen LogP contribution in [-0.2, 0) is 17.8 Å². The van der Waals surface area contributed by atoms with Gasteiger partial charge in [-0.1, -0.05) is 18.2 Å². The summed E-state index contributed by atoms with van der Waals surface area (Å²) in [6, 6.07) is 12.2. The van der Waals surface area contributed by atoms with Crippen LogP contribution in [0.3, 0.4) is 0 Å². The lowest BCUT2D eigenvalue weighted by Crippen LogP contribution is -2.66. The van der Waals surface area contributed by atoms with E-state index in [0.717, 1.165) is 84.1 Å². The number of rotatable bonds is 6. The molecule has 0 radical (unpaired) electrons. The van der Waals surface area contributed by atoms with Crippen LogP contribution in [0.4, 0.5) is 5.69 Å². The zero-order valence-corrected chi connectivity index (χ0v) is 23.8. The zero-order chi connectivity index (χ0) is 29.0. The molecule has 0 aliphatic carbocycles. The first-order chi connectivity index (χ1) is 19.8. The van der Waals surface area contributed by atoms with Gasteiger partial charge < -0.3 is 58.5 Å². The highest BCUT2D eigenvalue weighted by molar-refractivity contribution is 5.92. The van der Waals surface area contributed by atoms with Crippen LogP contribution in [0.1, 0.15) is 11.1 Å². The molecule has 12 N–H and O–H groups in total. The van der Waals surface area contributed by atoms with Gasteiger partial charge in [0, 0.05) is 90.8 Å². The van der Waals surface area contributed by atoms with Crippen LogP contribution in [0.2, 0.25) is 0 Å². The van der Waals surface area contributed by atoms with Crippen molar-refractivity contribution in [1.29, 1.82) is 0 Å². The van der Waals surface area contributed by atoms with Crippen LogP contribution < -0.4 is 48.3 Å². The summed E-state index contributed by atoms with van der Waals surface area (Å²) < 4.78 is 0. The first-order valence-corrected chi connectivity index (χ1v) is 14.5. The van der Waals surface area contributed by atoms with E-state index in [0.29, 0.717) is 17.8 Å². The molecule has 12 nitrogen and oxygen atoms in total. The van der Waals surface area contributed by atoms with E-state index in [1.807, 2.05) is 24.3 Å². The normalized spacial score (nSPS) is 25.2. The Kier molecular flexibility index (Phi) is 11.7. The summed E-state index contributed by atoms with van der Waals surface area (Å²) in [6.45, 7) is 10.4. The van der Waals surface area contributed by atoms with Crippen LogP contribution >= 0.6 is 0 Å². The van der Waals surface area contributed by atoms with Gasteiger partial charge >= 0.3 is 0 Å². The lowest BCUT2D eigenvalue weighted by atomic mass is 9.97. The molecule has 5 rings (SSSR count). The Morgan fingerprint density at radius 1 is 0.707 bits per heavy atom. The second kappa shape index (κ2) is 15.4. The number of aromatic hydroxyl groups is 2. The van der Waals surface area contributed by atoms with E-state index in [9.17, 15) is 15.0 Å². The number of nitrogens with one attached hydrogen (secondary N) is 8. The number of hydrogen-bond donors (Lipinski definition) is 11. The molecule has 3 aliphatic rings. The Balaban J connectivity index is 1.36. The summed E-state index contributed by atoms with van der Waals surface area (Å²) in [7, 11) is 0. The minimum atomic E-state index is -0.339. The molecule has 0 aromatic heterocycles. The number of nitrogens with two attached hydrogens (primary N) is 1. The number of phenols is 2. The largest absolute Gasteiger partial charge is 0.504 e. The Morgan fingerprint density at radius 3 is 1.71 bits per heavy atom. The molecule has 3 saturated heterocycles. The predicted molar refractivity (Wildman–Crippen MR) is 162 cm³/mol. The van der Waals surface area contributed by atoms with Crippen molar-refractivity contribution in [2.75, 3.05) is 83.9 Å². The topological polar surface area (TPSA) is 180 Å². The predicted octanol–water partition coefficient (Wildman–Crippen LogP) is -1.63. The van der Waals surface area contributed by atoms with E-state index in [4.69, 9.17) is 5.73 Å². The third-order valence-corrected chi connectivity index (χ3v) is 7.57. The monoisotopic (exact) mass is 569 g/mol. The van der Waals surface area contributed by atoms with Crippen molar-refractivity contribution in [3.8, 4) is 11.5 Å². The Hall–Kier alpha value is -2.81. The minimum Gasteiger partial charge on any atom is -0.504 e. The van der Waals surface area contributed by atoms with Crippen molar-refractivity contribution < 1.29 is 15.0 Å². The Morgan fingerprint density at radius 2 is 1.20 bits per heavy atom. The molecule has 2 aromatic carbocycles. The minimum absolute atomic E-state index is 0.0975. The average molecular weight is 570 g/mol. The number of hydrogen-bond acceptors (Lipinski definition) is 11. The molecule has 3 heterocycles. The summed E-state index contributed by atoms with van der Waals surface area (Å²) in [5.41, 5.74) is 8.58. The second-order valence-corrected chi connectivity index (χ2v) is 11.3. The fourth-order valence-electron chi connectivity index (χ4n) is 5.15.